The quantitative estimate of drug-likeness (QED) is 0.140. The van der Waals surface area contributed by atoms with Crippen LogP contribution in [-0.4, -0.2) is 38.0 Å². The van der Waals surface area contributed by atoms with Crippen molar-refractivity contribution in [2.24, 2.45) is 56.7 Å². The van der Waals surface area contributed by atoms with Crippen molar-refractivity contribution in [2.75, 3.05) is 19.7 Å². The number of amides is 2. The zero-order valence-corrected chi connectivity index (χ0v) is 33.7. The Labute approximate surface area is 306 Å². The molecule has 0 aromatic rings. The molecular formula is C44H76N2O4. The van der Waals surface area contributed by atoms with Gasteiger partial charge in [-0.05, 0) is 130 Å². The van der Waals surface area contributed by atoms with E-state index >= 15 is 0 Å². The van der Waals surface area contributed by atoms with Crippen LogP contribution in [-0.2, 0) is 9.47 Å². The second kappa shape index (κ2) is 15.7. The highest BCUT2D eigenvalue weighted by Gasteiger charge is 2.71. The van der Waals surface area contributed by atoms with Crippen molar-refractivity contribution in [3.63, 3.8) is 0 Å². The Balaban J connectivity index is 1.30. The molecule has 5 rings (SSSR count). The summed E-state index contributed by atoms with van der Waals surface area (Å²) >= 11 is 0. The molecule has 0 aromatic carbocycles. The Morgan fingerprint density at radius 1 is 0.700 bits per heavy atom. The van der Waals surface area contributed by atoms with Gasteiger partial charge in [0.2, 0.25) is 0 Å². The Kier molecular flexibility index (Phi) is 12.4. The minimum Gasteiger partial charge on any atom is -0.449 e. The highest BCUT2D eigenvalue weighted by molar-refractivity contribution is 5.67. The number of carbonyl (C=O) groups excluding carboxylic acids is 2. The zero-order valence-electron chi connectivity index (χ0n) is 33.7. The van der Waals surface area contributed by atoms with E-state index in [0.717, 1.165) is 51.4 Å². The minimum atomic E-state index is -0.227. The number of carbonyl (C=O) groups is 2. The summed E-state index contributed by atoms with van der Waals surface area (Å²) in [6.45, 7) is 26.0. The van der Waals surface area contributed by atoms with Crippen LogP contribution in [0.25, 0.3) is 0 Å². The second-order valence-electron chi connectivity index (χ2n) is 19.4. The normalized spacial score (nSPS) is 40.0. The first-order valence-corrected chi connectivity index (χ1v) is 21.2. The predicted molar refractivity (Wildman–Crippen MR) is 205 cm³/mol. The van der Waals surface area contributed by atoms with Gasteiger partial charge in [-0.1, -0.05) is 99.1 Å². The Hall–Kier alpha value is -1.72. The van der Waals surface area contributed by atoms with Gasteiger partial charge in [-0.3, -0.25) is 0 Å². The van der Waals surface area contributed by atoms with E-state index in [4.69, 9.17) is 9.47 Å². The van der Waals surface area contributed by atoms with E-state index in [2.05, 4.69) is 72.6 Å². The molecule has 286 valence electrons. The van der Waals surface area contributed by atoms with Gasteiger partial charge in [-0.15, -0.1) is 0 Å². The molecule has 0 radical (unpaired) electrons. The van der Waals surface area contributed by atoms with Crippen LogP contribution in [0.15, 0.2) is 12.2 Å². The maximum Gasteiger partial charge on any atom is 0.407 e. The first-order chi connectivity index (χ1) is 23.7. The Morgan fingerprint density at radius 3 is 2.00 bits per heavy atom. The first-order valence-electron chi connectivity index (χ1n) is 21.2. The van der Waals surface area contributed by atoms with Gasteiger partial charge in [0.25, 0.3) is 0 Å². The van der Waals surface area contributed by atoms with Crippen molar-refractivity contribution in [3.8, 4) is 0 Å². The van der Waals surface area contributed by atoms with Crippen molar-refractivity contribution >= 4 is 12.2 Å². The number of nitrogens with one attached hydrogen (secondary N) is 2. The van der Waals surface area contributed by atoms with E-state index in [-0.39, 0.29) is 45.4 Å². The fourth-order valence-corrected chi connectivity index (χ4v) is 13.6. The van der Waals surface area contributed by atoms with Crippen molar-refractivity contribution < 1.29 is 19.1 Å². The van der Waals surface area contributed by atoms with Crippen LogP contribution in [0.5, 0.6) is 0 Å². The molecule has 0 unspecified atom stereocenters. The molecule has 2 amide bonds. The van der Waals surface area contributed by atoms with Crippen LogP contribution in [0.1, 0.15) is 171 Å². The van der Waals surface area contributed by atoms with Crippen molar-refractivity contribution in [1.29, 1.82) is 0 Å². The van der Waals surface area contributed by atoms with Gasteiger partial charge in [-0.25, -0.2) is 9.59 Å². The number of ether oxygens (including phenoxy) is 2. The van der Waals surface area contributed by atoms with Crippen LogP contribution in [0.4, 0.5) is 9.59 Å². The monoisotopic (exact) mass is 697 g/mol. The summed E-state index contributed by atoms with van der Waals surface area (Å²) in [4.78, 5) is 25.8. The molecule has 50 heavy (non-hydrogen) atoms. The molecule has 0 aliphatic heterocycles. The SMILES string of the molecule is C=C(C)[C@@H]1CC[C@]2(COC(=O)NCCCCCC)CC[C@]3(C)[C@H](CC[C@@H]4[C@@]5(C)CC[C@H](OC(=O)NCCCCCC)C(C)(C)[C@@H]5CC[C@]43C)[C@@H]12. The van der Waals surface area contributed by atoms with Gasteiger partial charge in [0.15, 0.2) is 0 Å². The molecule has 2 N–H and O–H groups in total. The van der Waals surface area contributed by atoms with Gasteiger partial charge < -0.3 is 20.1 Å². The maximum absolute atomic E-state index is 12.9. The van der Waals surface area contributed by atoms with Gasteiger partial charge in [-0.2, -0.15) is 0 Å². The third kappa shape index (κ3) is 7.14. The van der Waals surface area contributed by atoms with Crippen LogP contribution < -0.4 is 10.6 Å². The van der Waals surface area contributed by atoms with Crippen molar-refractivity contribution in [1.82, 2.24) is 10.6 Å². The third-order valence-electron chi connectivity index (χ3n) is 16.5. The molecule has 0 heterocycles. The highest BCUT2D eigenvalue weighted by Crippen LogP contribution is 2.77. The maximum atomic E-state index is 12.9. The molecule has 0 aromatic heterocycles. The van der Waals surface area contributed by atoms with E-state index in [9.17, 15) is 9.59 Å². The first kappa shape index (κ1) is 39.5. The summed E-state index contributed by atoms with van der Waals surface area (Å²) in [5.41, 5.74) is 2.06. The second-order valence-corrected chi connectivity index (χ2v) is 19.4. The number of hydrogen-bond donors (Lipinski definition) is 2. The molecule has 5 fully saturated rings. The lowest BCUT2D eigenvalue weighted by Gasteiger charge is -2.73. The fourth-order valence-electron chi connectivity index (χ4n) is 13.6. The van der Waals surface area contributed by atoms with Crippen molar-refractivity contribution in [2.45, 2.75) is 177 Å². The lowest BCUT2D eigenvalue weighted by Crippen LogP contribution is -2.67. The van der Waals surface area contributed by atoms with Crippen LogP contribution >= 0.6 is 0 Å². The van der Waals surface area contributed by atoms with E-state index in [0.29, 0.717) is 49.3 Å². The molecule has 5 aliphatic rings. The Bertz CT molecular complexity index is 1200. The van der Waals surface area contributed by atoms with Crippen LogP contribution in [0, 0.1) is 56.7 Å². The predicted octanol–water partition coefficient (Wildman–Crippen LogP) is 11.6. The van der Waals surface area contributed by atoms with Crippen molar-refractivity contribution in [3.05, 3.63) is 12.2 Å². The summed E-state index contributed by atoms with van der Waals surface area (Å²) in [6.07, 6.45) is 20.5. The molecule has 6 heteroatoms. The average molecular weight is 697 g/mol. The number of hydrogen-bond acceptors (Lipinski definition) is 4. The largest absolute Gasteiger partial charge is 0.449 e. The minimum absolute atomic E-state index is 0.0360. The summed E-state index contributed by atoms with van der Waals surface area (Å²) < 4.78 is 12.4. The standard InChI is InChI=1S/C44H76N2O4/c1-10-12-14-16-28-45-38(47)49-30-44-25-20-32(31(3)4)37(44)33-18-19-35-41(7)23-22-36(50-39(48)46-29-17-15-13-11-2)40(5,6)34(41)21-24-43(35,9)42(33,8)26-27-44/h32-37H,3,10-30H2,1-2,4-9H3,(H,45,47)(H,46,48)/t32-,33+,34-,35+,36-,37+,41-,42+,43+,44+/m0/s1. The fraction of sp³-hybridized carbons (Fsp3) is 0.909. The molecule has 0 bridgehead atoms. The average Bonchev–Trinajstić information content (AvgIpc) is 3.45. The number of allylic oxidation sites excluding steroid dienone is 1. The van der Waals surface area contributed by atoms with E-state index in [1.165, 1.54) is 69.8 Å². The highest BCUT2D eigenvalue weighted by atomic mass is 16.6. The van der Waals surface area contributed by atoms with Crippen LogP contribution in [0.3, 0.4) is 0 Å². The van der Waals surface area contributed by atoms with Gasteiger partial charge >= 0.3 is 12.2 Å². The summed E-state index contributed by atoms with van der Waals surface area (Å²) in [6, 6.07) is 0. The van der Waals surface area contributed by atoms with E-state index < -0.39 is 0 Å². The number of alkyl carbamates (subject to hydrolysis) is 2. The Morgan fingerprint density at radius 2 is 1.36 bits per heavy atom. The molecule has 6 nitrogen and oxygen atoms in total. The summed E-state index contributed by atoms with van der Waals surface area (Å²) in [5, 5.41) is 6.12. The zero-order chi connectivity index (χ0) is 36.4. The topological polar surface area (TPSA) is 76.7 Å². The number of fused-ring (bicyclic) bond motifs is 7. The molecule has 0 saturated heterocycles. The third-order valence-corrected chi connectivity index (χ3v) is 16.5. The lowest BCUT2D eigenvalue weighted by atomic mass is 9.32. The van der Waals surface area contributed by atoms with Gasteiger partial charge in [0.05, 0.1) is 6.61 Å². The molecule has 5 saturated carbocycles. The molecule has 0 spiro atoms. The number of rotatable bonds is 14. The summed E-state index contributed by atoms with van der Waals surface area (Å²) in [5.74, 6) is 2.86. The van der Waals surface area contributed by atoms with Crippen LogP contribution in [0.2, 0.25) is 0 Å². The van der Waals surface area contributed by atoms with Gasteiger partial charge in [0, 0.05) is 23.9 Å². The van der Waals surface area contributed by atoms with E-state index in [1.807, 2.05) is 0 Å². The molecular weight excluding hydrogens is 620 g/mol. The van der Waals surface area contributed by atoms with Gasteiger partial charge in [0.1, 0.15) is 6.10 Å². The molecule has 10 atom stereocenters. The van der Waals surface area contributed by atoms with E-state index in [1.54, 1.807) is 0 Å². The smallest absolute Gasteiger partial charge is 0.407 e. The number of unbranched alkanes of at least 4 members (excludes halogenated alkanes) is 6. The summed E-state index contributed by atoms with van der Waals surface area (Å²) in [7, 11) is 0. The molecule has 5 aliphatic carbocycles. The lowest BCUT2D eigenvalue weighted by molar-refractivity contribution is -0.249.